The quantitative estimate of drug-likeness (QED) is 0.803. The molecule has 0 radical (unpaired) electrons. The van der Waals surface area contributed by atoms with Gasteiger partial charge in [0.15, 0.2) is 6.04 Å². The van der Waals surface area contributed by atoms with Crippen LogP contribution < -0.4 is 10.4 Å². The molecule has 4 nitrogen and oxygen atoms in total. The number of anilines is 1. The Kier molecular flexibility index (Phi) is 2.55. The fraction of sp³-hybridized carbons (Fsp3) is 0.385. The average Bonchev–Trinajstić information content (AvgIpc) is 2.98. The number of benzene rings is 1. The van der Waals surface area contributed by atoms with E-state index in [0.717, 1.165) is 6.42 Å². The number of nitrogen functional groups attached to an aromatic ring is 1. The summed E-state index contributed by atoms with van der Waals surface area (Å²) in [4.78, 5) is 0. The molecule has 1 fully saturated rings. The molecule has 4 heteroatoms. The van der Waals surface area contributed by atoms with Gasteiger partial charge in [0.25, 0.3) is 12.1 Å². The van der Waals surface area contributed by atoms with Crippen LogP contribution in [0.15, 0.2) is 41.1 Å². The number of hydrogen-bond acceptors (Lipinski definition) is 3. The summed E-state index contributed by atoms with van der Waals surface area (Å²) >= 11 is 0. The van der Waals surface area contributed by atoms with Gasteiger partial charge >= 0.3 is 0 Å². The third kappa shape index (κ3) is 1.90. The molecule has 0 spiro atoms. The van der Waals surface area contributed by atoms with Crippen LogP contribution in [0, 0.1) is 0 Å². The fourth-order valence-electron chi connectivity index (χ4n) is 2.77. The van der Waals surface area contributed by atoms with Crippen LogP contribution in [0.25, 0.3) is 0 Å². The first-order valence-electron chi connectivity index (χ1n) is 6.03. The lowest BCUT2D eigenvalue weighted by atomic mass is 9.94. The number of rotatable bonds is 2. The first-order chi connectivity index (χ1) is 8.34. The Morgan fingerprint density at radius 3 is 2.76 bits per heavy atom. The monoisotopic (exact) mass is 230 g/mol. The van der Waals surface area contributed by atoms with Crippen LogP contribution in [0.5, 0.6) is 0 Å². The predicted octanol–water partition coefficient (Wildman–Crippen LogP) is 2.05. The molecule has 2 atom stereocenters. The molecule has 0 unspecified atom stereocenters. The minimum Gasteiger partial charge on any atom is -0.362 e. The van der Waals surface area contributed by atoms with Crippen molar-refractivity contribution in [2.24, 2.45) is 0 Å². The molecule has 1 aromatic heterocycles. The maximum absolute atomic E-state index is 5.58. The number of hydrogen-bond donors (Lipinski definition) is 1. The van der Waals surface area contributed by atoms with Crippen LogP contribution in [0.3, 0.4) is 0 Å². The second-order valence-corrected chi connectivity index (χ2v) is 4.60. The molecule has 1 heterocycles. The van der Waals surface area contributed by atoms with Crippen molar-refractivity contribution >= 4 is 5.88 Å². The molecular formula is C13H16N3O+. The molecule has 0 amide bonds. The second kappa shape index (κ2) is 4.20. The Morgan fingerprint density at radius 1 is 1.24 bits per heavy atom. The molecule has 1 saturated carbocycles. The zero-order valence-electron chi connectivity index (χ0n) is 9.62. The molecule has 3 rings (SSSR count). The van der Waals surface area contributed by atoms with E-state index in [2.05, 4.69) is 35.6 Å². The maximum Gasteiger partial charge on any atom is 0.293 e. The minimum atomic E-state index is 0.374. The molecule has 1 aromatic carbocycles. The van der Waals surface area contributed by atoms with Crippen molar-refractivity contribution in [1.29, 1.82) is 0 Å². The van der Waals surface area contributed by atoms with E-state index in [1.165, 1.54) is 18.4 Å². The van der Waals surface area contributed by atoms with Crippen molar-refractivity contribution in [2.45, 2.75) is 31.2 Å². The summed E-state index contributed by atoms with van der Waals surface area (Å²) in [5.41, 5.74) is 6.96. The fourth-order valence-corrected chi connectivity index (χ4v) is 2.77. The summed E-state index contributed by atoms with van der Waals surface area (Å²) in [6, 6.07) is 11.0. The van der Waals surface area contributed by atoms with Gasteiger partial charge in [-0.05, 0) is 23.1 Å². The molecule has 0 bridgehead atoms. The van der Waals surface area contributed by atoms with Crippen LogP contribution >= 0.6 is 0 Å². The van der Waals surface area contributed by atoms with Gasteiger partial charge in [0.1, 0.15) is 0 Å². The van der Waals surface area contributed by atoms with Gasteiger partial charge in [-0.2, -0.15) is 0 Å². The van der Waals surface area contributed by atoms with E-state index in [1.807, 2.05) is 4.68 Å². The standard InChI is InChI=1S/C13H16N3O/c14-13-9-16(15-17-13)12-8-4-7-11(12)10-5-2-1-3-6-10/h1-3,5-6,9,11-12H,4,7-8,14H2/q+1/t11-,12+/m0/s1. The van der Waals surface area contributed by atoms with Crippen molar-refractivity contribution < 1.29 is 9.20 Å². The lowest BCUT2D eigenvalue weighted by Crippen LogP contribution is -2.41. The molecule has 17 heavy (non-hydrogen) atoms. The molecular weight excluding hydrogens is 214 g/mol. The first-order valence-corrected chi connectivity index (χ1v) is 6.03. The summed E-state index contributed by atoms with van der Waals surface area (Å²) < 4.78 is 6.83. The molecule has 2 N–H and O–H groups in total. The normalized spacial score (nSPS) is 24.0. The van der Waals surface area contributed by atoms with Gasteiger partial charge < -0.3 is 5.73 Å². The van der Waals surface area contributed by atoms with Crippen molar-refractivity contribution in [3.8, 4) is 0 Å². The van der Waals surface area contributed by atoms with Crippen LogP contribution in [0.4, 0.5) is 5.88 Å². The van der Waals surface area contributed by atoms with Gasteiger partial charge in [-0.1, -0.05) is 30.3 Å². The van der Waals surface area contributed by atoms with Crippen molar-refractivity contribution in [3.05, 3.63) is 42.1 Å². The third-order valence-electron chi connectivity index (χ3n) is 3.55. The number of nitrogens with zero attached hydrogens (tertiary/aromatic N) is 2. The molecule has 1 aliphatic rings. The van der Waals surface area contributed by atoms with Gasteiger partial charge in [-0.25, -0.2) is 0 Å². The van der Waals surface area contributed by atoms with Crippen LogP contribution in [-0.4, -0.2) is 5.27 Å². The topological polar surface area (TPSA) is 55.9 Å². The summed E-state index contributed by atoms with van der Waals surface area (Å²) in [5, 5.41) is 3.99. The summed E-state index contributed by atoms with van der Waals surface area (Å²) in [5.74, 6) is 0.898. The van der Waals surface area contributed by atoms with Crippen molar-refractivity contribution in [1.82, 2.24) is 5.27 Å². The van der Waals surface area contributed by atoms with Gasteiger partial charge in [0.05, 0.1) is 0 Å². The van der Waals surface area contributed by atoms with Crippen LogP contribution in [-0.2, 0) is 0 Å². The van der Waals surface area contributed by atoms with Gasteiger partial charge in [0.2, 0.25) is 5.27 Å². The van der Waals surface area contributed by atoms with E-state index in [4.69, 9.17) is 10.3 Å². The zero-order chi connectivity index (χ0) is 11.7. The highest BCUT2D eigenvalue weighted by Gasteiger charge is 2.38. The van der Waals surface area contributed by atoms with Gasteiger partial charge in [0, 0.05) is 12.3 Å². The van der Waals surface area contributed by atoms with E-state index in [1.54, 1.807) is 6.20 Å². The smallest absolute Gasteiger partial charge is 0.293 e. The number of aromatic nitrogens is 2. The van der Waals surface area contributed by atoms with E-state index in [9.17, 15) is 0 Å². The summed E-state index contributed by atoms with van der Waals surface area (Å²) in [6.45, 7) is 0. The number of nitrogens with two attached hydrogens (primary N) is 1. The molecule has 1 aliphatic carbocycles. The highest BCUT2D eigenvalue weighted by molar-refractivity contribution is 5.21. The Labute approximate surface area is 100 Å². The lowest BCUT2D eigenvalue weighted by molar-refractivity contribution is -0.786. The van der Waals surface area contributed by atoms with Crippen molar-refractivity contribution in [2.75, 3.05) is 5.73 Å². The van der Waals surface area contributed by atoms with Crippen molar-refractivity contribution in [3.63, 3.8) is 0 Å². The first kappa shape index (κ1) is 10.3. The van der Waals surface area contributed by atoms with E-state index < -0.39 is 0 Å². The maximum atomic E-state index is 5.58. The Balaban J connectivity index is 1.90. The van der Waals surface area contributed by atoms with Crippen LogP contribution in [0.2, 0.25) is 0 Å². The Morgan fingerprint density at radius 2 is 2.06 bits per heavy atom. The highest BCUT2D eigenvalue weighted by atomic mass is 16.5. The van der Waals surface area contributed by atoms with Crippen LogP contribution in [0.1, 0.15) is 36.8 Å². The average molecular weight is 230 g/mol. The Bertz CT molecular complexity index is 494. The largest absolute Gasteiger partial charge is 0.362 e. The SMILES string of the molecule is Nc1c[n+]([C@@H]2CCC[C@H]2c2ccccc2)no1. The third-order valence-corrected chi connectivity index (χ3v) is 3.55. The Hall–Kier alpha value is -1.84. The molecule has 0 saturated heterocycles. The minimum absolute atomic E-state index is 0.374. The van der Waals surface area contributed by atoms with E-state index >= 15 is 0 Å². The molecule has 0 aliphatic heterocycles. The van der Waals surface area contributed by atoms with Gasteiger partial charge in [-0.15, -0.1) is 0 Å². The van der Waals surface area contributed by atoms with Gasteiger partial charge in [-0.3, -0.25) is 4.52 Å². The molecule has 2 aromatic rings. The zero-order valence-corrected chi connectivity index (χ0v) is 9.62. The molecule has 88 valence electrons. The van der Waals surface area contributed by atoms with E-state index in [-0.39, 0.29) is 0 Å². The lowest BCUT2D eigenvalue weighted by Gasteiger charge is -2.12. The summed E-state index contributed by atoms with van der Waals surface area (Å²) in [6.07, 6.45) is 5.35. The summed E-state index contributed by atoms with van der Waals surface area (Å²) in [7, 11) is 0. The highest BCUT2D eigenvalue weighted by Crippen LogP contribution is 2.39. The second-order valence-electron chi connectivity index (χ2n) is 4.60. The predicted molar refractivity (Wildman–Crippen MR) is 63.2 cm³/mol. The van der Waals surface area contributed by atoms with E-state index in [0.29, 0.717) is 17.8 Å².